The van der Waals surface area contributed by atoms with Gasteiger partial charge in [-0.15, -0.1) is 0 Å². The van der Waals surface area contributed by atoms with E-state index >= 15 is 0 Å². The van der Waals surface area contributed by atoms with Crippen LogP contribution < -0.4 is 10.1 Å². The van der Waals surface area contributed by atoms with Gasteiger partial charge in [-0.25, -0.2) is 4.79 Å². The fourth-order valence-electron chi connectivity index (χ4n) is 2.65. The number of amides is 1. The van der Waals surface area contributed by atoms with Gasteiger partial charge in [0.2, 0.25) is 0 Å². The molecule has 2 rings (SSSR count). The number of hydrogen-bond acceptors (Lipinski definition) is 5. The summed E-state index contributed by atoms with van der Waals surface area (Å²) in [5.41, 5.74) is 0.605. The van der Waals surface area contributed by atoms with Gasteiger partial charge in [0.25, 0.3) is 5.91 Å². The van der Waals surface area contributed by atoms with Crippen molar-refractivity contribution in [1.82, 2.24) is 5.32 Å². The second-order valence-electron chi connectivity index (χ2n) is 7.26. The van der Waals surface area contributed by atoms with E-state index in [4.69, 9.17) is 9.47 Å². The van der Waals surface area contributed by atoms with Crippen LogP contribution in [0.15, 0.2) is 54.6 Å². The van der Waals surface area contributed by atoms with Crippen LogP contribution in [0.3, 0.4) is 0 Å². The number of benzene rings is 2. The third-order valence-electron chi connectivity index (χ3n) is 4.86. The van der Waals surface area contributed by atoms with Crippen LogP contribution in [0.5, 0.6) is 5.75 Å². The zero-order chi connectivity index (χ0) is 22.1. The first-order valence-electron chi connectivity index (χ1n) is 9.60. The van der Waals surface area contributed by atoms with Crippen LogP contribution in [-0.4, -0.2) is 31.1 Å². The molecule has 30 heavy (non-hydrogen) atoms. The third kappa shape index (κ3) is 5.71. The molecule has 0 aliphatic rings. The molecule has 2 aromatic rings. The number of hydrogen-bond donors (Lipinski definition) is 1. The van der Waals surface area contributed by atoms with Crippen LogP contribution in [0.25, 0.3) is 11.6 Å². The summed E-state index contributed by atoms with van der Waals surface area (Å²) in [7, 11) is 1.55. The summed E-state index contributed by atoms with van der Waals surface area (Å²) in [6.07, 6.45) is 1.67. The van der Waals surface area contributed by atoms with Gasteiger partial charge in [-0.2, -0.15) is 5.26 Å². The van der Waals surface area contributed by atoms with Crippen LogP contribution in [0, 0.1) is 17.2 Å². The summed E-state index contributed by atoms with van der Waals surface area (Å²) in [6, 6.07) is 18.4. The highest BCUT2D eigenvalue weighted by atomic mass is 16.5. The van der Waals surface area contributed by atoms with Gasteiger partial charge >= 0.3 is 5.97 Å². The lowest BCUT2D eigenvalue weighted by Crippen LogP contribution is -2.50. The summed E-state index contributed by atoms with van der Waals surface area (Å²) in [4.78, 5) is 25.1. The van der Waals surface area contributed by atoms with Crippen molar-refractivity contribution in [3.05, 3.63) is 65.7 Å². The maximum Gasteiger partial charge on any atom is 0.339 e. The third-order valence-corrected chi connectivity index (χ3v) is 4.86. The second-order valence-corrected chi connectivity index (χ2v) is 7.26. The second kappa shape index (κ2) is 10.3. The summed E-state index contributed by atoms with van der Waals surface area (Å²) in [5.74, 6) is -0.679. The number of esters is 1. The Hall–Kier alpha value is -3.59. The average molecular weight is 406 g/mol. The Labute approximate surface area is 177 Å². The molecule has 0 saturated carbocycles. The number of nitrogens with one attached hydrogen (secondary N) is 1. The standard InChI is InChI=1S/C24H26N2O4/c1-17(2)24(3,16-25)26-22(27)15-30-23(28)20(18-10-6-5-7-11-18)14-19-12-8-9-13-21(19)29-4/h5-14,17H,15H2,1-4H3,(H,26,27)/b20-14+/t24-/m0/s1. The molecule has 0 radical (unpaired) electrons. The molecule has 0 heterocycles. The van der Waals surface area contributed by atoms with E-state index < -0.39 is 24.0 Å². The molecule has 1 atom stereocenters. The molecule has 6 nitrogen and oxygen atoms in total. The van der Waals surface area contributed by atoms with Gasteiger partial charge in [0.1, 0.15) is 11.3 Å². The first-order chi connectivity index (χ1) is 14.3. The fraction of sp³-hybridized carbons (Fsp3) is 0.292. The van der Waals surface area contributed by atoms with Crippen molar-refractivity contribution in [2.24, 2.45) is 5.92 Å². The molecule has 0 aliphatic carbocycles. The van der Waals surface area contributed by atoms with Crippen molar-refractivity contribution in [3.63, 3.8) is 0 Å². The van der Waals surface area contributed by atoms with Crippen molar-refractivity contribution >= 4 is 23.5 Å². The van der Waals surface area contributed by atoms with Gasteiger partial charge in [-0.05, 0) is 30.5 Å². The summed E-state index contributed by atoms with van der Waals surface area (Å²) in [6.45, 7) is 4.81. The van der Waals surface area contributed by atoms with E-state index in [1.54, 1.807) is 38.3 Å². The fourth-order valence-corrected chi connectivity index (χ4v) is 2.65. The molecule has 1 N–H and O–H groups in total. The molecule has 2 aromatic carbocycles. The first-order valence-corrected chi connectivity index (χ1v) is 9.60. The van der Waals surface area contributed by atoms with Crippen molar-refractivity contribution < 1.29 is 19.1 Å². The molecule has 0 aromatic heterocycles. The predicted octanol–water partition coefficient (Wildman–Crippen LogP) is 3.83. The topological polar surface area (TPSA) is 88.4 Å². The molecule has 6 heteroatoms. The SMILES string of the molecule is COc1ccccc1/C=C(/C(=O)OCC(=O)N[C@@](C)(C#N)C(C)C)c1ccccc1. The number of nitriles is 1. The van der Waals surface area contributed by atoms with Crippen LogP contribution in [-0.2, 0) is 14.3 Å². The number of rotatable bonds is 8. The van der Waals surface area contributed by atoms with E-state index in [0.29, 0.717) is 22.4 Å². The lowest BCUT2D eigenvalue weighted by Gasteiger charge is -2.27. The molecular weight excluding hydrogens is 380 g/mol. The van der Waals surface area contributed by atoms with Gasteiger partial charge in [-0.3, -0.25) is 4.79 Å². The summed E-state index contributed by atoms with van der Waals surface area (Å²) < 4.78 is 10.6. The van der Waals surface area contributed by atoms with Gasteiger partial charge in [-0.1, -0.05) is 62.4 Å². The number of carbonyl (C=O) groups is 2. The lowest BCUT2D eigenvalue weighted by atomic mass is 9.90. The van der Waals surface area contributed by atoms with Crippen LogP contribution >= 0.6 is 0 Å². The van der Waals surface area contributed by atoms with E-state index in [2.05, 4.69) is 11.4 Å². The van der Waals surface area contributed by atoms with Gasteiger partial charge in [0.05, 0.1) is 18.8 Å². The van der Waals surface area contributed by atoms with E-state index in [1.165, 1.54) is 0 Å². The Morgan fingerprint density at radius 1 is 1.13 bits per heavy atom. The van der Waals surface area contributed by atoms with Gasteiger partial charge in [0, 0.05) is 5.56 Å². The minimum atomic E-state index is -1.04. The normalized spacial score (nSPS) is 13.1. The Bertz CT molecular complexity index is 961. The highest BCUT2D eigenvalue weighted by Crippen LogP contribution is 2.25. The highest BCUT2D eigenvalue weighted by molar-refractivity contribution is 6.22. The summed E-state index contributed by atoms with van der Waals surface area (Å²) in [5, 5.41) is 12.0. The monoisotopic (exact) mass is 406 g/mol. The van der Waals surface area contributed by atoms with E-state index in [1.807, 2.05) is 50.2 Å². The Balaban J connectivity index is 2.24. The molecule has 0 aliphatic heterocycles. The maximum atomic E-state index is 12.8. The minimum absolute atomic E-state index is 0.104. The minimum Gasteiger partial charge on any atom is -0.496 e. The molecule has 0 saturated heterocycles. The Morgan fingerprint density at radius 2 is 1.77 bits per heavy atom. The van der Waals surface area contributed by atoms with E-state index in [9.17, 15) is 14.9 Å². The van der Waals surface area contributed by atoms with Crippen molar-refractivity contribution in [3.8, 4) is 11.8 Å². The smallest absolute Gasteiger partial charge is 0.339 e. The molecule has 0 fully saturated rings. The zero-order valence-electron chi connectivity index (χ0n) is 17.6. The first kappa shape index (κ1) is 22.7. The van der Waals surface area contributed by atoms with E-state index in [0.717, 1.165) is 0 Å². The van der Waals surface area contributed by atoms with Gasteiger partial charge in [0.15, 0.2) is 6.61 Å². The lowest BCUT2D eigenvalue weighted by molar-refractivity contribution is -0.143. The maximum absolute atomic E-state index is 12.8. The number of nitrogens with zero attached hydrogens (tertiary/aromatic N) is 1. The van der Waals surface area contributed by atoms with Crippen molar-refractivity contribution in [1.29, 1.82) is 5.26 Å². The number of para-hydroxylation sites is 1. The Kier molecular flexibility index (Phi) is 7.76. The number of carbonyl (C=O) groups excluding carboxylic acids is 2. The molecular formula is C24H26N2O4. The highest BCUT2D eigenvalue weighted by Gasteiger charge is 2.30. The van der Waals surface area contributed by atoms with Crippen LogP contribution in [0.2, 0.25) is 0 Å². The molecule has 0 bridgehead atoms. The molecule has 1 amide bonds. The van der Waals surface area contributed by atoms with Crippen LogP contribution in [0.1, 0.15) is 31.9 Å². The zero-order valence-corrected chi connectivity index (χ0v) is 17.6. The number of methoxy groups -OCH3 is 1. The van der Waals surface area contributed by atoms with Crippen molar-refractivity contribution in [2.45, 2.75) is 26.3 Å². The average Bonchev–Trinajstić information content (AvgIpc) is 2.76. The molecule has 0 spiro atoms. The quantitative estimate of drug-likeness (QED) is 0.409. The largest absolute Gasteiger partial charge is 0.496 e. The van der Waals surface area contributed by atoms with Crippen molar-refractivity contribution in [2.75, 3.05) is 13.7 Å². The summed E-state index contributed by atoms with van der Waals surface area (Å²) >= 11 is 0. The Morgan fingerprint density at radius 3 is 2.37 bits per heavy atom. The van der Waals surface area contributed by atoms with Crippen LogP contribution in [0.4, 0.5) is 0 Å². The number of ether oxygens (including phenoxy) is 2. The predicted molar refractivity (Wildman–Crippen MR) is 115 cm³/mol. The molecule has 156 valence electrons. The molecule has 0 unspecified atom stereocenters. The van der Waals surface area contributed by atoms with E-state index in [-0.39, 0.29) is 5.92 Å². The van der Waals surface area contributed by atoms with Gasteiger partial charge < -0.3 is 14.8 Å².